The van der Waals surface area contributed by atoms with Crippen molar-refractivity contribution < 1.29 is 13.9 Å². The molecule has 2 aromatic heterocycles. The van der Waals surface area contributed by atoms with Crippen LogP contribution >= 0.6 is 23.1 Å². The minimum atomic E-state index is -0.516. The number of nitrogens with zero attached hydrogens (tertiary/aromatic N) is 3. The van der Waals surface area contributed by atoms with Crippen LogP contribution in [-0.4, -0.2) is 27.1 Å². The summed E-state index contributed by atoms with van der Waals surface area (Å²) < 4.78 is 20.7. The molecule has 152 valence electrons. The van der Waals surface area contributed by atoms with Crippen molar-refractivity contribution in [3.05, 3.63) is 80.8 Å². The molecular weight excluding hydrogens is 425 g/mol. The van der Waals surface area contributed by atoms with E-state index in [1.165, 1.54) is 33.7 Å². The Labute approximate surface area is 179 Å². The Kier molecular flexibility index (Phi) is 5.91. The number of thioether (sulfide) groups is 1. The molecule has 9 heteroatoms. The van der Waals surface area contributed by atoms with E-state index in [0.29, 0.717) is 26.8 Å². The average Bonchev–Trinajstić information content (AvgIpc) is 3.23. The summed E-state index contributed by atoms with van der Waals surface area (Å²) in [6, 6.07) is 13.0. The van der Waals surface area contributed by atoms with Crippen molar-refractivity contribution in [2.45, 2.75) is 17.8 Å². The average molecular weight is 442 g/mol. The summed E-state index contributed by atoms with van der Waals surface area (Å²) in [6.45, 7) is 2.00. The lowest BCUT2D eigenvalue weighted by molar-refractivity contribution is 0.0520. The fourth-order valence-electron chi connectivity index (χ4n) is 2.86. The molecule has 4 rings (SSSR count). The molecule has 0 N–H and O–H groups in total. The van der Waals surface area contributed by atoms with Crippen molar-refractivity contribution in [2.75, 3.05) is 6.61 Å². The highest BCUT2D eigenvalue weighted by molar-refractivity contribution is 7.98. The fraction of sp³-hybridized carbons (Fsp3) is 0.143. The Morgan fingerprint density at radius 2 is 1.93 bits per heavy atom. The number of aromatic nitrogens is 3. The van der Waals surface area contributed by atoms with E-state index in [1.54, 1.807) is 54.8 Å². The van der Waals surface area contributed by atoms with Crippen LogP contribution in [0.5, 0.6) is 0 Å². The SMILES string of the molecule is CCOC(=O)c1csc(CSc2nc3ccccc3c(=O)n2-c2ccccc2F)n1. The number of benzene rings is 2. The molecule has 0 aliphatic heterocycles. The maximum Gasteiger partial charge on any atom is 0.357 e. The lowest BCUT2D eigenvalue weighted by atomic mass is 10.2. The summed E-state index contributed by atoms with van der Waals surface area (Å²) >= 11 is 2.57. The molecule has 0 bridgehead atoms. The van der Waals surface area contributed by atoms with Gasteiger partial charge in [0.1, 0.15) is 10.8 Å². The standard InChI is InChI=1S/C21H16FN3O3S2/c1-2-28-20(27)16-11-29-18(23-16)12-30-21-24-15-9-5-3-7-13(15)19(26)25(21)17-10-6-4-8-14(17)22/h3-11H,2,12H2,1H3. The highest BCUT2D eigenvalue weighted by Crippen LogP contribution is 2.27. The maximum absolute atomic E-state index is 14.5. The van der Waals surface area contributed by atoms with Gasteiger partial charge in [0.25, 0.3) is 5.56 Å². The Morgan fingerprint density at radius 3 is 2.73 bits per heavy atom. The molecule has 6 nitrogen and oxygen atoms in total. The highest BCUT2D eigenvalue weighted by atomic mass is 32.2. The molecule has 4 aromatic rings. The summed E-state index contributed by atoms with van der Waals surface area (Å²) in [6.07, 6.45) is 0. The van der Waals surface area contributed by atoms with E-state index in [4.69, 9.17) is 4.74 Å². The van der Waals surface area contributed by atoms with E-state index in [9.17, 15) is 14.0 Å². The van der Waals surface area contributed by atoms with Gasteiger partial charge in [-0.1, -0.05) is 36.0 Å². The number of carbonyl (C=O) groups excluding carboxylic acids is 1. The number of hydrogen-bond acceptors (Lipinski definition) is 7. The topological polar surface area (TPSA) is 74.1 Å². The molecule has 0 radical (unpaired) electrons. The number of ether oxygens (including phenoxy) is 1. The first-order valence-corrected chi connectivity index (χ1v) is 11.0. The predicted octanol–water partition coefficient (Wildman–Crippen LogP) is 4.45. The van der Waals surface area contributed by atoms with Crippen LogP contribution in [0.3, 0.4) is 0 Å². The summed E-state index contributed by atoms with van der Waals surface area (Å²) in [7, 11) is 0. The van der Waals surface area contributed by atoms with Crippen molar-refractivity contribution >= 4 is 40.0 Å². The molecule has 2 aromatic carbocycles. The molecule has 0 amide bonds. The van der Waals surface area contributed by atoms with Crippen LogP contribution in [0.4, 0.5) is 4.39 Å². The van der Waals surface area contributed by atoms with E-state index >= 15 is 0 Å². The third kappa shape index (κ3) is 3.99. The molecular formula is C21H16FN3O3S2. The lowest BCUT2D eigenvalue weighted by Gasteiger charge is -2.13. The van der Waals surface area contributed by atoms with Crippen molar-refractivity contribution in [3.63, 3.8) is 0 Å². The Morgan fingerprint density at radius 1 is 1.17 bits per heavy atom. The number of esters is 1. The summed E-state index contributed by atoms with van der Waals surface area (Å²) in [5.41, 5.74) is 0.563. The second-order valence-electron chi connectivity index (χ2n) is 6.14. The van der Waals surface area contributed by atoms with Crippen LogP contribution in [0.2, 0.25) is 0 Å². The largest absolute Gasteiger partial charge is 0.461 e. The minimum Gasteiger partial charge on any atom is -0.461 e. The van der Waals surface area contributed by atoms with Gasteiger partial charge in [-0.3, -0.25) is 9.36 Å². The quantitative estimate of drug-likeness (QED) is 0.250. The highest BCUT2D eigenvalue weighted by Gasteiger charge is 2.17. The van der Waals surface area contributed by atoms with Gasteiger partial charge >= 0.3 is 5.97 Å². The second kappa shape index (κ2) is 8.76. The number of thiazole rings is 1. The molecule has 0 saturated heterocycles. The zero-order valence-electron chi connectivity index (χ0n) is 15.9. The zero-order valence-corrected chi connectivity index (χ0v) is 17.5. The molecule has 0 spiro atoms. The van der Waals surface area contributed by atoms with Crippen molar-refractivity contribution in [1.29, 1.82) is 0 Å². The number of halogens is 1. The Hall–Kier alpha value is -3.04. The number of rotatable bonds is 6. The number of hydrogen-bond donors (Lipinski definition) is 0. The van der Waals surface area contributed by atoms with Gasteiger partial charge in [0.05, 0.1) is 29.0 Å². The van der Waals surface area contributed by atoms with Crippen molar-refractivity contribution in [2.24, 2.45) is 0 Å². The molecule has 0 atom stereocenters. The van der Waals surface area contributed by atoms with E-state index in [-0.39, 0.29) is 23.5 Å². The minimum absolute atomic E-state index is 0.134. The third-order valence-corrected chi connectivity index (χ3v) is 6.18. The first-order valence-electron chi connectivity index (χ1n) is 9.09. The van der Waals surface area contributed by atoms with Crippen LogP contribution in [0.15, 0.2) is 63.9 Å². The lowest BCUT2D eigenvalue weighted by Crippen LogP contribution is -2.22. The first-order chi connectivity index (χ1) is 14.6. The summed E-state index contributed by atoms with van der Waals surface area (Å²) in [5.74, 6) is -0.627. The third-order valence-electron chi connectivity index (χ3n) is 4.20. The van der Waals surface area contributed by atoms with Gasteiger partial charge in [-0.25, -0.2) is 19.2 Å². The summed E-state index contributed by atoms with van der Waals surface area (Å²) in [5, 5.41) is 3.05. The van der Waals surface area contributed by atoms with Gasteiger partial charge in [0.2, 0.25) is 0 Å². The predicted molar refractivity (Wildman–Crippen MR) is 115 cm³/mol. The molecule has 0 saturated carbocycles. The molecule has 2 heterocycles. The van der Waals surface area contributed by atoms with Crippen molar-refractivity contribution in [3.8, 4) is 5.69 Å². The van der Waals surface area contributed by atoms with Crippen LogP contribution < -0.4 is 5.56 Å². The normalized spacial score (nSPS) is 11.0. The van der Waals surface area contributed by atoms with Crippen molar-refractivity contribution in [1.82, 2.24) is 14.5 Å². The van der Waals surface area contributed by atoms with E-state index < -0.39 is 11.8 Å². The molecule has 0 fully saturated rings. The first kappa shape index (κ1) is 20.2. The van der Waals surface area contributed by atoms with Crippen LogP contribution in [-0.2, 0) is 10.5 Å². The van der Waals surface area contributed by atoms with E-state index in [2.05, 4.69) is 9.97 Å². The molecule has 0 aliphatic carbocycles. The second-order valence-corrected chi connectivity index (χ2v) is 8.02. The molecule has 0 aliphatic rings. The van der Waals surface area contributed by atoms with Crippen LogP contribution in [0, 0.1) is 5.82 Å². The Balaban J connectivity index is 1.73. The van der Waals surface area contributed by atoms with Gasteiger partial charge < -0.3 is 4.74 Å². The zero-order chi connectivity index (χ0) is 21.1. The molecule has 0 unspecified atom stereocenters. The van der Waals surface area contributed by atoms with Gasteiger partial charge in [-0.15, -0.1) is 11.3 Å². The summed E-state index contributed by atoms with van der Waals surface area (Å²) in [4.78, 5) is 33.8. The number of fused-ring (bicyclic) bond motifs is 1. The monoisotopic (exact) mass is 441 g/mol. The number of para-hydroxylation sites is 2. The van der Waals surface area contributed by atoms with Gasteiger partial charge in [-0.05, 0) is 31.2 Å². The van der Waals surface area contributed by atoms with E-state index in [0.717, 1.165) is 0 Å². The Bertz CT molecular complexity index is 1290. The number of carbonyl (C=O) groups is 1. The van der Waals surface area contributed by atoms with Gasteiger partial charge in [0.15, 0.2) is 10.9 Å². The fourth-order valence-corrected chi connectivity index (χ4v) is 4.64. The van der Waals surface area contributed by atoms with Gasteiger partial charge in [-0.2, -0.15) is 0 Å². The van der Waals surface area contributed by atoms with E-state index in [1.807, 2.05) is 0 Å². The van der Waals surface area contributed by atoms with Gasteiger partial charge in [0, 0.05) is 5.38 Å². The molecule has 30 heavy (non-hydrogen) atoms. The van der Waals surface area contributed by atoms with Crippen LogP contribution in [0.1, 0.15) is 22.4 Å². The maximum atomic E-state index is 14.5. The smallest absolute Gasteiger partial charge is 0.357 e. The van der Waals surface area contributed by atoms with Crippen LogP contribution in [0.25, 0.3) is 16.6 Å².